The third-order valence-corrected chi connectivity index (χ3v) is 11.8. The van der Waals surface area contributed by atoms with Crippen LogP contribution in [0.15, 0.2) is 36.9 Å². The van der Waals surface area contributed by atoms with E-state index in [1.165, 1.54) is 0 Å². The molecule has 0 radical (unpaired) electrons. The minimum Gasteiger partial charge on any atom is -0.490 e. The second-order valence-corrected chi connectivity index (χ2v) is 14.1. The van der Waals surface area contributed by atoms with Gasteiger partial charge < -0.3 is 9.47 Å². The van der Waals surface area contributed by atoms with Crippen molar-refractivity contribution in [1.29, 1.82) is 0 Å². The molecular weight excluding hydrogens is 478 g/mol. The lowest BCUT2D eigenvalue weighted by atomic mass is 9.49. The zero-order valence-electron chi connectivity index (χ0n) is 23.0. The second-order valence-electron chi connectivity index (χ2n) is 14.1. The first-order chi connectivity index (χ1) is 17.9. The molecule has 1 N–H and O–H groups in total. The van der Waals surface area contributed by atoms with E-state index in [-0.39, 0.29) is 52.7 Å². The zero-order valence-corrected chi connectivity index (χ0v) is 23.0. The van der Waals surface area contributed by atoms with Crippen molar-refractivity contribution in [2.75, 3.05) is 0 Å². The smallest absolute Gasteiger partial charge is 0.237 e. The highest BCUT2D eigenvalue weighted by Crippen LogP contribution is 2.76. The Morgan fingerprint density at radius 3 is 2.45 bits per heavy atom. The molecule has 2 amide bonds. The van der Waals surface area contributed by atoms with Gasteiger partial charge in [-0.05, 0) is 61.1 Å². The SMILES string of the molecule is C=CC1(C)C2C(=O)C3C(=O)NC(=O)C3Cc3ccc(cc3)OC3C2C(C2(C)CC(C)CC(C)C32)C2(C)OC12. The highest BCUT2D eigenvalue weighted by atomic mass is 16.6. The Hall–Kier alpha value is -2.47. The number of hydrogen-bond donors (Lipinski definition) is 1. The van der Waals surface area contributed by atoms with Gasteiger partial charge in [0.1, 0.15) is 17.8 Å². The lowest BCUT2D eigenvalue weighted by Crippen LogP contribution is -2.58. The molecule has 38 heavy (non-hydrogen) atoms. The van der Waals surface area contributed by atoms with Gasteiger partial charge in [0.05, 0.1) is 17.6 Å². The van der Waals surface area contributed by atoms with E-state index in [1.807, 2.05) is 30.3 Å². The fourth-order valence-corrected chi connectivity index (χ4v) is 10.9. The van der Waals surface area contributed by atoms with Crippen LogP contribution in [0.4, 0.5) is 0 Å². The van der Waals surface area contributed by atoms with Crippen LogP contribution in [0.5, 0.6) is 5.75 Å². The molecule has 3 aliphatic carbocycles. The lowest BCUT2D eigenvalue weighted by Gasteiger charge is -2.51. The quantitative estimate of drug-likeness (QED) is 0.259. The Morgan fingerprint density at radius 1 is 1.05 bits per heavy atom. The monoisotopic (exact) mass is 517 g/mol. The molecule has 7 aliphatic rings. The van der Waals surface area contributed by atoms with Crippen LogP contribution >= 0.6 is 0 Å². The summed E-state index contributed by atoms with van der Waals surface area (Å²) in [6.45, 7) is 15.6. The highest BCUT2D eigenvalue weighted by molar-refractivity contribution is 6.16. The summed E-state index contributed by atoms with van der Waals surface area (Å²) in [5.74, 6) is -1.23. The minimum atomic E-state index is -1.01. The number of ketones is 1. The summed E-state index contributed by atoms with van der Waals surface area (Å²) >= 11 is 0. The van der Waals surface area contributed by atoms with Crippen molar-refractivity contribution >= 4 is 17.6 Å². The summed E-state index contributed by atoms with van der Waals surface area (Å²) < 4.78 is 13.6. The maximum atomic E-state index is 14.8. The van der Waals surface area contributed by atoms with Gasteiger partial charge in [0, 0.05) is 29.1 Å². The number of imide groups is 1. The van der Waals surface area contributed by atoms with Gasteiger partial charge in [0.25, 0.3) is 0 Å². The Bertz CT molecular complexity index is 1260. The molecule has 3 saturated carbocycles. The maximum Gasteiger partial charge on any atom is 0.237 e. The van der Waals surface area contributed by atoms with E-state index < -0.39 is 29.1 Å². The number of amides is 2. The molecule has 5 fully saturated rings. The Morgan fingerprint density at radius 2 is 1.76 bits per heavy atom. The molecule has 2 saturated heterocycles. The van der Waals surface area contributed by atoms with Crippen molar-refractivity contribution in [2.24, 2.45) is 58.2 Å². The number of epoxide rings is 1. The van der Waals surface area contributed by atoms with E-state index in [1.54, 1.807) is 0 Å². The van der Waals surface area contributed by atoms with E-state index in [0.29, 0.717) is 18.3 Å². The van der Waals surface area contributed by atoms with E-state index >= 15 is 0 Å². The lowest BCUT2D eigenvalue weighted by molar-refractivity contribution is -0.144. The summed E-state index contributed by atoms with van der Waals surface area (Å²) in [5.41, 5.74) is -0.217. The third kappa shape index (κ3) is 2.90. The molecule has 4 aliphatic heterocycles. The summed E-state index contributed by atoms with van der Waals surface area (Å²) in [6, 6.07) is 7.93. The number of nitrogens with one attached hydrogen (secondary N) is 1. The Kier molecular flexibility index (Phi) is 4.90. The summed E-state index contributed by atoms with van der Waals surface area (Å²) in [4.78, 5) is 41.1. The molecule has 6 heteroatoms. The molecule has 8 rings (SSSR count). The number of benzene rings is 1. The van der Waals surface area contributed by atoms with Gasteiger partial charge in [-0.15, -0.1) is 6.58 Å². The van der Waals surface area contributed by atoms with Crippen LogP contribution in [-0.2, 0) is 25.5 Å². The molecule has 202 valence electrons. The van der Waals surface area contributed by atoms with Gasteiger partial charge in [-0.2, -0.15) is 0 Å². The molecule has 2 bridgehead atoms. The van der Waals surface area contributed by atoms with Gasteiger partial charge in [-0.1, -0.05) is 45.9 Å². The molecular formula is C32H39NO5. The number of hydrogen-bond acceptors (Lipinski definition) is 5. The standard InChI is InChI=1S/C32H39NO5/c1-7-30(4)23-21-25(22-16(3)12-15(2)14-31(22,5)26(21)32(6)29(30)38-32)37-18-10-8-17(9-11-18)13-19-20(24(23)34)28(36)33-27(19)35/h7-11,15-16,19-23,25-26,29H,1,12-14H2,2-6H3,(H,33,35,36). The van der Waals surface area contributed by atoms with Crippen LogP contribution in [0.25, 0.3) is 0 Å². The highest BCUT2D eigenvalue weighted by Gasteiger charge is 2.82. The number of carbonyl (C=O) groups is 3. The van der Waals surface area contributed by atoms with Crippen LogP contribution in [0.3, 0.4) is 0 Å². The van der Waals surface area contributed by atoms with Crippen molar-refractivity contribution in [3.8, 4) is 5.75 Å². The fraction of sp³-hybridized carbons (Fsp3) is 0.656. The molecule has 1 aromatic carbocycles. The van der Waals surface area contributed by atoms with Gasteiger partial charge >= 0.3 is 0 Å². The van der Waals surface area contributed by atoms with Crippen LogP contribution in [0.1, 0.15) is 53.0 Å². The number of Topliss-reactive ketones (excluding diaryl/α,β-unsaturated/α-hetero) is 1. The van der Waals surface area contributed by atoms with E-state index in [9.17, 15) is 14.4 Å². The van der Waals surface area contributed by atoms with E-state index in [0.717, 1.165) is 24.2 Å². The summed E-state index contributed by atoms with van der Waals surface area (Å²) in [7, 11) is 0. The Labute approximate surface area is 224 Å². The molecule has 4 heterocycles. The van der Waals surface area contributed by atoms with Crippen molar-refractivity contribution in [2.45, 2.75) is 71.7 Å². The van der Waals surface area contributed by atoms with Crippen LogP contribution in [-0.4, -0.2) is 35.4 Å². The van der Waals surface area contributed by atoms with Crippen LogP contribution in [0, 0.1) is 58.2 Å². The summed E-state index contributed by atoms with van der Waals surface area (Å²) in [6.07, 6.45) is 4.06. The predicted molar refractivity (Wildman–Crippen MR) is 141 cm³/mol. The van der Waals surface area contributed by atoms with Crippen LogP contribution in [0.2, 0.25) is 0 Å². The molecule has 6 nitrogen and oxygen atoms in total. The van der Waals surface area contributed by atoms with Crippen LogP contribution < -0.4 is 10.1 Å². The molecule has 0 spiro atoms. The first kappa shape index (κ1) is 24.6. The van der Waals surface area contributed by atoms with Gasteiger partial charge in [0.2, 0.25) is 11.8 Å². The average Bonchev–Trinajstić information content (AvgIpc) is 3.38. The largest absolute Gasteiger partial charge is 0.490 e. The average molecular weight is 518 g/mol. The van der Waals surface area contributed by atoms with Crippen molar-refractivity contribution in [1.82, 2.24) is 5.32 Å². The van der Waals surface area contributed by atoms with E-state index in [4.69, 9.17) is 9.47 Å². The number of fused-ring (bicyclic) bond motifs is 6. The maximum absolute atomic E-state index is 14.8. The van der Waals surface area contributed by atoms with Crippen molar-refractivity contribution in [3.05, 3.63) is 42.5 Å². The minimum absolute atomic E-state index is 0.0791. The number of carbonyl (C=O) groups excluding carboxylic acids is 3. The molecule has 13 unspecified atom stereocenters. The number of rotatable bonds is 1. The third-order valence-electron chi connectivity index (χ3n) is 11.8. The molecule has 0 aromatic heterocycles. The second kappa shape index (κ2) is 7.59. The van der Waals surface area contributed by atoms with Gasteiger partial charge in [0.15, 0.2) is 5.78 Å². The normalized spacial score (nSPS) is 52.4. The van der Waals surface area contributed by atoms with Gasteiger partial charge in [-0.25, -0.2) is 0 Å². The first-order valence-corrected chi connectivity index (χ1v) is 14.4. The zero-order chi connectivity index (χ0) is 26.9. The topological polar surface area (TPSA) is 85.0 Å². The summed E-state index contributed by atoms with van der Waals surface area (Å²) in [5, 5.41) is 2.50. The van der Waals surface area contributed by atoms with Gasteiger partial charge in [-0.3, -0.25) is 19.7 Å². The number of ether oxygens (including phenoxy) is 2. The Balaban J connectivity index is 1.48. The van der Waals surface area contributed by atoms with Crippen molar-refractivity contribution in [3.63, 3.8) is 0 Å². The fourth-order valence-electron chi connectivity index (χ4n) is 10.9. The molecule has 1 aromatic rings. The predicted octanol–water partition coefficient (Wildman–Crippen LogP) is 4.36. The molecule has 13 atom stereocenters. The van der Waals surface area contributed by atoms with Crippen molar-refractivity contribution < 1.29 is 23.9 Å². The van der Waals surface area contributed by atoms with E-state index in [2.05, 4.69) is 46.5 Å². The first-order valence-electron chi connectivity index (χ1n) is 14.4.